The Hall–Kier alpha value is -1.13. The molecular weight excluding hydrogens is 253 g/mol. The van der Waals surface area contributed by atoms with E-state index in [1.165, 1.54) is 6.07 Å². The van der Waals surface area contributed by atoms with Gasteiger partial charge >= 0.3 is 0 Å². The van der Waals surface area contributed by atoms with E-state index in [4.69, 9.17) is 5.73 Å². The van der Waals surface area contributed by atoms with Gasteiger partial charge in [-0.3, -0.25) is 0 Å². The SMILES string of the molecule is CCN1CCC(N(C)c2ccc(F)cc2[C@H](C)N)CC1. The summed E-state index contributed by atoms with van der Waals surface area (Å²) in [5.74, 6) is -0.213. The van der Waals surface area contributed by atoms with E-state index >= 15 is 0 Å². The van der Waals surface area contributed by atoms with Gasteiger partial charge in [-0.15, -0.1) is 0 Å². The molecule has 1 aromatic carbocycles. The van der Waals surface area contributed by atoms with Crippen LogP contribution in [-0.2, 0) is 0 Å². The van der Waals surface area contributed by atoms with E-state index in [9.17, 15) is 4.39 Å². The lowest BCUT2D eigenvalue weighted by atomic mass is 10.00. The number of hydrogen-bond donors (Lipinski definition) is 1. The lowest BCUT2D eigenvalue weighted by molar-refractivity contribution is 0.220. The summed E-state index contributed by atoms with van der Waals surface area (Å²) >= 11 is 0. The zero-order valence-corrected chi connectivity index (χ0v) is 12.8. The van der Waals surface area contributed by atoms with Gasteiger partial charge in [0, 0.05) is 37.9 Å². The van der Waals surface area contributed by atoms with Gasteiger partial charge in [0.1, 0.15) is 5.82 Å². The Morgan fingerprint density at radius 2 is 2.05 bits per heavy atom. The molecule has 1 aromatic rings. The number of benzene rings is 1. The smallest absolute Gasteiger partial charge is 0.123 e. The second kappa shape index (κ2) is 6.55. The number of piperidine rings is 1. The number of likely N-dealkylation sites (tertiary alicyclic amines) is 1. The molecule has 112 valence electrons. The van der Waals surface area contributed by atoms with Crippen molar-refractivity contribution in [3.8, 4) is 0 Å². The fraction of sp³-hybridized carbons (Fsp3) is 0.625. The summed E-state index contributed by atoms with van der Waals surface area (Å²) in [4.78, 5) is 4.76. The number of nitrogens with two attached hydrogens (primary N) is 1. The molecule has 0 radical (unpaired) electrons. The van der Waals surface area contributed by atoms with Crippen molar-refractivity contribution in [2.45, 2.75) is 38.8 Å². The lowest BCUT2D eigenvalue weighted by Crippen LogP contribution is -2.43. The van der Waals surface area contributed by atoms with Gasteiger partial charge < -0.3 is 15.5 Å². The van der Waals surface area contributed by atoms with E-state index < -0.39 is 0 Å². The molecule has 2 N–H and O–H groups in total. The Balaban J connectivity index is 2.15. The van der Waals surface area contributed by atoms with Crippen LogP contribution >= 0.6 is 0 Å². The molecule has 0 spiro atoms. The molecule has 0 bridgehead atoms. The molecule has 0 unspecified atom stereocenters. The number of hydrogen-bond acceptors (Lipinski definition) is 3. The molecule has 1 aliphatic rings. The van der Waals surface area contributed by atoms with Crippen molar-refractivity contribution in [2.24, 2.45) is 5.73 Å². The highest BCUT2D eigenvalue weighted by Gasteiger charge is 2.23. The quantitative estimate of drug-likeness (QED) is 0.920. The molecule has 0 aliphatic carbocycles. The topological polar surface area (TPSA) is 32.5 Å². The molecule has 20 heavy (non-hydrogen) atoms. The van der Waals surface area contributed by atoms with Crippen molar-refractivity contribution in [1.29, 1.82) is 0 Å². The number of halogens is 1. The summed E-state index contributed by atoms with van der Waals surface area (Å²) in [6, 6.07) is 5.32. The van der Waals surface area contributed by atoms with Crippen LogP contribution in [0.1, 0.15) is 38.3 Å². The third kappa shape index (κ3) is 3.30. The van der Waals surface area contributed by atoms with Crippen molar-refractivity contribution in [2.75, 3.05) is 31.6 Å². The largest absolute Gasteiger partial charge is 0.371 e. The molecule has 4 heteroatoms. The van der Waals surface area contributed by atoms with Gasteiger partial charge in [-0.05, 0) is 50.1 Å². The number of rotatable bonds is 4. The van der Waals surface area contributed by atoms with Gasteiger partial charge in [0.15, 0.2) is 0 Å². The average Bonchev–Trinajstić information content (AvgIpc) is 2.46. The highest BCUT2D eigenvalue weighted by molar-refractivity contribution is 5.55. The highest BCUT2D eigenvalue weighted by Crippen LogP contribution is 2.29. The van der Waals surface area contributed by atoms with Gasteiger partial charge in [0.25, 0.3) is 0 Å². The Bertz CT molecular complexity index is 439. The zero-order valence-electron chi connectivity index (χ0n) is 12.8. The van der Waals surface area contributed by atoms with Crippen LogP contribution in [0.2, 0.25) is 0 Å². The van der Waals surface area contributed by atoms with Crippen LogP contribution in [0.15, 0.2) is 18.2 Å². The van der Waals surface area contributed by atoms with Crippen LogP contribution in [0.5, 0.6) is 0 Å². The molecule has 1 aliphatic heterocycles. The summed E-state index contributed by atoms with van der Waals surface area (Å²) < 4.78 is 13.4. The summed E-state index contributed by atoms with van der Waals surface area (Å²) in [6.45, 7) is 7.52. The van der Waals surface area contributed by atoms with E-state index in [0.717, 1.165) is 43.7 Å². The van der Waals surface area contributed by atoms with Crippen molar-refractivity contribution < 1.29 is 4.39 Å². The molecule has 1 atom stereocenters. The Morgan fingerprint density at radius 3 is 2.60 bits per heavy atom. The van der Waals surface area contributed by atoms with E-state index in [1.54, 1.807) is 6.07 Å². The normalized spacial score (nSPS) is 19.1. The predicted octanol–water partition coefficient (Wildman–Crippen LogP) is 2.77. The van der Waals surface area contributed by atoms with Crippen molar-refractivity contribution in [3.05, 3.63) is 29.6 Å². The first-order valence-electron chi connectivity index (χ1n) is 7.53. The summed E-state index contributed by atoms with van der Waals surface area (Å²) in [5.41, 5.74) is 7.95. The number of nitrogens with zero attached hydrogens (tertiary/aromatic N) is 2. The first kappa shape index (κ1) is 15.3. The van der Waals surface area contributed by atoms with Crippen LogP contribution in [0.4, 0.5) is 10.1 Å². The Kier molecular flexibility index (Phi) is 5.00. The fourth-order valence-corrected chi connectivity index (χ4v) is 3.03. The standard InChI is InChI=1S/C16H26FN3/c1-4-20-9-7-14(8-10-20)19(3)16-6-5-13(17)11-15(16)12(2)18/h5-6,11-12,14H,4,7-10,18H2,1-3H3/t12-/m0/s1. The maximum atomic E-state index is 13.4. The first-order chi connectivity index (χ1) is 9.52. The van der Waals surface area contributed by atoms with Crippen LogP contribution in [0, 0.1) is 5.82 Å². The van der Waals surface area contributed by atoms with E-state index in [0.29, 0.717) is 6.04 Å². The van der Waals surface area contributed by atoms with Gasteiger partial charge in [-0.1, -0.05) is 6.92 Å². The fourth-order valence-electron chi connectivity index (χ4n) is 3.03. The van der Waals surface area contributed by atoms with Gasteiger partial charge in [-0.2, -0.15) is 0 Å². The lowest BCUT2D eigenvalue weighted by Gasteiger charge is -2.38. The second-order valence-electron chi connectivity index (χ2n) is 5.77. The molecule has 0 aromatic heterocycles. The minimum atomic E-state index is -0.213. The van der Waals surface area contributed by atoms with Crippen LogP contribution in [0.25, 0.3) is 0 Å². The van der Waals surface area contributed by atoms with Crippen molar-refractivity contribution in [3.63, 3.8) is 0 Å². The van der Waals surface area contributed by atoms with Gasteiger partial charge in [0.2, 0.25) is 0 Å². The maximum Gasteiger partial charge on any atom is 0.123 e. The molecule has 1 saturated heterocycles. The minimum Gasteiger partial charge on any atom is -0.371 e. The monoisotopic (exact) mass is 279 g/mol. The van der Waals surface area contributed by atoms with Crippen LogP contribution in [0.3, 0.4) is 0 Å². The molecule has 0 amide bonds. The summed E-state index contributed by atoms with van der Waals surface area (Å²) in [5, 5.41) is 0. The first-order valence-corrected chi connectivity index (χ1v) is 7.53. The van der Waals surface area contributed by atoms with E-state index in [2.05, 4.69) is 23.8 Å². The van der Waals surface area contributed by atoms with E-state index in [1.807, 2.05) is 13.0 Å². The maximum absolute atomic E-state index is 13.4. The zero-order chi connectivity index (χ0) is 14.7. The van der Waals surface area contributed by atoms with Crippen molar-refractivity contribution in [1.82, 2.24) is 4.90 Å². The summed E-state index contributed by atoms with van der Waals surface area (Å²) in [6.07, 6.45) is 2.31. The molecule has 1 heterocycles. The molecular formula is C16H26FN3. The molecule has 0 saturated carbocycles. The Morgan fingerprint density at radius 1 is 1.40 bits per heavy atom. The van der Waals surface area contributed by atoms with Crippen LogP contribution in [-0.4, -0.2) is 37.6 Å². The Labute approximate surface area is 121 Å². The predicted molar refractivity (Wildman–Crippen MR) is 82.5 cm³/mol. The second-order valence-corrected chi connectivity index (χ2v) is 5.77. The van der Waals surface area contributed by atoms with Gasteiger partial charge in [0.05, 0.1) is 0 Å². The third-order valence-electron chi connectivity index (χ3n) is 4.41. The average molecular weight is 279 g/mol. The van der Waals surface area contributed by atoms with Gasteiger partial charge in [-0.25, -0.2) is 4.39 Å². The van der Waals surface area contributed by atoms with E-state index in [-0.39, 0.29) is 11.9 Å². The molecule has 1 fully saturated rings. The molecule has 3 nitrogen and oxygen atoms in total. The minimum absolute atomic E-state index is 0.154. The number of anilines is 1. The summed E-state index contributed by atoms with van der Waals surface area (Å²) in [7, 11) is 2.10. The van der Waals surface area contributed by atoms with Crippen molar-refractivity contribution >= 4 is 5.69 Å². The highest BCUT2D eigenvalue weighted by atomic mass is 19.1. The molecule has 2 rings (SSSR count). The third-order valence-corrected chi connectivity index (χ3v) is 4.41. The van der Waals surface area contributed by atoms with Crippen LogP contribution < -0.4 is 10.6 Å².